The van der Waals surface area contributed by atoms with E-state index in [9.17, 15) is 0 Å². The van der Waals surface area contributed by atoms with E-state index in [0.29, 0.717) is 16.1 Å². The van der Waals surface area contributed by atoms with Gasteiger partial charge in [-0.15, -0.1) is 0 Å². The molecule has 2 aromatic rings. The number of nitrogens with one attached hydrogen (secondary N) is 2. The van der Waals surface area contributed by atoms with Crippen LogP contribution in [0.4, 0.5) is 11.6 Å². The predicted octanol–water partition coefficient (Wildman–Crippen LogP) is 2.16. The molecule has 0 fully saturated rings. The van der Waals surface area contributed by atoms with Crippen LogP contribution in [0.5, 0.6) is 0 Å². The van der Waals surface area contributed by atoms with Gasteiger partial charge in [0.2, 0.25) is 0 Å². The van der Waals surface area contributed by atoms with Crippen molar-refractivity contribution in [3.05, 3.63) is 35.0 Å². The second-order valence-electron chi connectivity index (χ2n) is 3.86. The molecule has 1 unspecified atom stereocenters. The zero-order valence-electron chi connectivity index (χ0n) is 9.85. The second-order valence-corrected chi connectivity index (χ2v) is 4.65. The highest BCUT2D eigenvalue weighted by Gasteiger charge is 2.11. The lowest BCUT2D eigenvalue weighted by atomic mass is 10.2. The molecule has 0 aliphatic heterocycles. The summed E-state index contributed by atoms with van der Waals surface area (Å²) in [7, 11) is 0. The average Bonchev–Trinajstić information content (AvgIpc) is 2.84. The van der Waals surface area contributed by atoms with Crippen LogP contribution in [-0.4, -0.2) is 16.0 Å². The molecule has 18 heavy (non-hydrogen) atoms. The molecule has 7 heteroatoms. The monoisotopic (exact) mass is 311 g/mol. The van der Waals surface area contributed by atoms with Crippen molar-refractivity contribution in [3.63, 3.8) is 0 Å². The highest BCUT2D eigenvalue weighted by Crippen LogP contribution is 2.26. The summed E-state index contributed by atoms with van der Waals surface area (Å²) >= 11 is 3.39. The first kappa shape index (κ1) is 12.8. The summed E-state index contributed by atoms with van der Waals surface area (Å²) < 4.78 is 6.01. The Kier molecular flexibility index (Phi) is 4.16. The first-order valence-corrected chi connectivity index (χ1v) is 6.26. The summed E-state index contributed by atoms with van der Waals surface area (Å²) in [4.78, 5) is 8.15. The van der Waals surface area contributed by atoms with E-state index in [1.54, 1.807) is 6.26 Å². The molecule has 0 saturated carbocycles. The van der Waals surface area contributed by atoms with Crippen molar-refractivity contribution < 1.29 is 4.42 Å². The summed E-state index contributed by atoms with van der Waals surface area (Å²) in [6, 6.07) is 3.99. The number of hydrogen-bond acceptors (Lipinski definition) is 6. The van der Waals surface area contributed by atoms with Crippen LogP contribution in [0, 0.1) is 0 Å². The maximum atomic E-state index is 5.35. The molecule has 4 N–H and O–H groups in total. The fourth-order valence-electron chi connectivity index (χ4n) is 1.59. The van der Waals surface area contributed by atoms with Crippen LogP contribution in [0.15, 0.2) is 33.6 Å². The number of nitrogen functional groups attached to an aromatic ring is 1. The Morgan fingerprint density at radius 3 is 2.89 bits per heavy atom. The Morgan fingerprint density at radius 1 is 1.44 bits per heavy atom. The third kappa shape index (κ3) is 2.99. The smallest absolute Gasteiger partial charge is 0.159 e. The Morgan fingerprint density at radius 2 is 2.22 bits per heavy atom. The number of nitrogens with zero attached hydrogens (tertiary/aromatic N) is 2. The highest BCUT2D eigenvalue weighted by atomic mass is 79.9. The Balaban J connectivity index is 2.05. The largest absolute Gasteiger partial charge is 0.469 e. The predicted molar refractivity (Wildman–Crippen MR) is 73.0 cm³/mol. The topological polar surface area (TPSA) is 89.0 Å². The molecule has 2 rings (SSSR count). The lowest BCUT2D eigenvalue weighted by Gasteiger charge is -2.15. The van der Waals surface area contributed by atoms with Crippen molar-refractivity contribution >= 4 is 27.6 Å². The van der Waals surface area contributed by atoms with Crippen LogP contribution >= 0.6 is 15.9 Å². The number of nitrogens with two attached hydrogens (primary N) is 1. The minimum Gasteiger partial charge on any atom is -0.469 e. The third-order valence-corrected chi connectivity index (χ3v) is 3.15. The molecule has 0 aliphatic carbocycles. The van der Waals surface area contributed by atoms with Gasteiger partial charge in [-0.05, 0) is 35.0 Å². The Labute approximate surface area is 113 Å². The first-order chi connectivity index (χ1) is 8.70. The zero-order chi connectivity index (χ0) is 13.0. The molecule has 96 valence electrons. The molecule has 1 atom stereocenters. The number of hydrazine groups is 1. The molecule has 2 aromatic heterocycles. The van der Waals surface area contributed by atoms with E-state index in [4.69, 9.17) is 10.3 Å². The number of hydrogen-bond donors (Lipinski definition) is 3. The van der Waals surface area contributed by atoms with Crippen molar-refractivity contribution in [1.29, 1.82) is 0 Å². The van der Waals surface area contributed by atoms with Crippen LogP contribution < -0.4 is 16.6 Å². The number of halogens is 1. The number of aromatic nitrogens is 2. The number of anilines is 2. The number of rotatable bonds is 5. The molecule has 0 bridgehead atoms. The van der Waals surface area contributed by atoms with Gasteiger partial charge >= 0.3 is 0 Å². The van der Waals surface area contributed by atoms with Gasteiger partial charge in [-0.3, -0.25) is 0 Å². The van der Waals surface area contributed by atoms with E-state index < -0.39 is 0 Å². The van der Waals surface area contributed by atoms with Gasteiger partial charge in [-0.25, -0.2) is 15.8 Å². The van der Waals surface area contributed by atoms with Crippen LogP contribution in [-0.2, 0) is 6.42 Å². The summed E-state index contributed by atoms with van der Waals surface area (Å²) in [5.41, 5.74) is 2.50. The van der Waals surface area contributed by atoms with Crippen molar-refractivity contribution in [2.24, 2.45) is 5.84 Å². The van der Waals surface area contributed by atoms with Gasteiger partial charge in [0, 0.05) is 12.5 Å². The fourth-order valence-corrected chi connectivity index (χ4v) is 2.02. The van der Waals surface area contributed by atoms with E-state index in [2.05, 4.69) is 36.6 Å². The van der Waals surface area contributed by atoms with Gasteiger partial charge in [0.25, 0.3) is 0 Å². The lowest BCUT2D eigenvalue weighted by Crippen LogP contribution is -2.20. The molecule has 0 aliphatic rings. The molecule has 0 amide bonds. The van der Waals surface area contributed by atoms with Gasteiger partial charge in [0.15, 0.2) is 5.82 Å². The fraction of sp³-hybridized carbons (Fsp3) is 0.273. The maximum absolute atomic E-state index is 5.35. The average molecular weight is 312 g/mol. The first-order valence-electron chi connectivity index (χ1n) is 5.46. The highest BCUT2D eigenvalue weighted by molar-refractivity contribution is 9.10. The quantitative estimate of drug-likeness (QED) is 0.579. The Hall–Kier alpha value is -1.60. The van der Waals surface area contributed by atoms with E-state index in [0.717, 1.165) is 12.2 Å². The van der Waals surface area contributed by atoms with Crippen LogP contribution in [0.3, 0.4) is 0 Å². The molecule has 0 spiro atoms. The summed E-state index contributed by atoms with van der Waals surface area (Å²) in [6.45, 7) is 2.05. The van der Waals surface area contributed by atoms with Crippen molar-refractivity contribution in [1.82, 2.24) is 9.97 Å². The zero-order valence-corrected chi connectivity index (χ0v) is 11.4. The molecule has 0 radical (unpaired) electrons. The Bertz CT molecular complexity index is 502. The van der Waals surface area contributed by atoms with E-state index in [-0.39, 0.29) is 6.04 Å². The normalized spacial score (nSPS) is 12.2. The van der Waals surface area contributed by atoms with Crippen molar-refractivity contribution in [3.8, 4) is 0 Å². The van der Waals surface area contributed by atoms with E-state index >= 15 is 0 Å². The van der Waals surface area contributed by atoms with Crippen LogP contribution in [0.2, 0.25) is 0 Å². The van der Waals surface area contributed by atoms with E-state index in [1.807, 2.05) is 19.1 Å². The SMILES string of the molecule is CC(Cc1ccco1)Nc1ncnc(NN)c1Br. The third-order valence-electron chi connectivity index (χ3n) is 2.40. The summed E-state index contributed by atoms with van der Waals surface area (Å²) in [6.07, 6.45) is 3.88. The van der Waals surface area contributed by atoms with Gasteiger partial charge < -0.3 is 15.2 Å². The van der Waals surface area contributed by atoms with Crippen LogP contribution in [0.25, 0.3) is 0 Å². The van der Waals surface area contributed by atoms with Gasteiger partial charge in [-0.2, -0.15) is 0 Å². The molecule has 2 heterocycles. The summed E-state index contributed by atoms with van der Waals surface area (Å²) in [5, 5.41) is 3.27. The molecular formula is C11H14BrN5O. The second kappa shape index (κ2) is 5.83. The minimum atomic E-state index is 0.174. The van der Waals surface area contributed by atoms with Gasteiger partial charge in [0.05, 0.1) is 6.26 Å². The maximum Gasteiger partial charge on any atom is 0.159 e. The van der Waals surface area contributed by atoms with Crippen molar-refractivity contribution in [2.45, 2.75) is 19.4 Å². The van der Waals surface area contributed by atoms with E-state index in [1.165, 1.54) is 6.33 Å². The lowest BCUT2D eigenvalue weighted by molar-refractivity contribution is 0.497. The molecule has 0 saturated heterocycles. The van der Waals surface area contributed by atoms with Gasteiger partial charge in [0.1, 0.15) is 22.4 Å². The molecule has 0 aromatic carbocycles. The standard InChI is InChI=1S/C11H14BrN5O/c1-7(5-8-3-2-4-18-8)16-10-9(12)11(17-13)15-6-14-10/h2-4,6-7H,5,13H2,1H3,(H2,14,15,16,17). The molecular weight excluding hydrogens is 298 g/mol. The van der Waals surface area contributed by atoms with Gasteiger partial charge in [-0.1, -0.05) is 0 Å². The summed E-state index contributed by atoms with van der Waals surface area (Å²) in [5.74, 6) is 7.51. The number of furan rings is 1. The minimum absolute atomic E-state index is 0.174. The van der Waals surface area contributed by atoms with Crippen LogP contribution in [0.1, 0.15) is 12.7 Å². The molecule has 6 nitrogen and oxygen atoms in total. The van der Waals surface area contributed by atoms with Crippen molar-refractivity contribution in [2.75, 3.05) is 10.7 Å².